The first-order valence-corrected chi connectivity index (χ1v) is 19.2. The van der Waals surface area contributed by atoms with Crippen molar-refractivity contribution in [2.45, 2.75) is 154 Å². The monoisotopic (exact) mass is 644 g/mol. The van der Waals surface area contributed by atoms with Crippen LogP contribution in [0.2, 0.25) is 0 Å². The van der Waals surface area contributed by atoms with Gasteiger partial charge in [0.05, 0.1) is 39.9 Å². The quantitative estimate of drug-likeness (QED) is 0.0343. The second kappa shape index (κ2) is 28.2. The third-order valence-corrected chi connectivity index (χ3v) is 8.63. The highest BCUT2D eigenvalue weighted by Gasteiger charge is 2.23. The summed E-state index contributed by atoms with van der Waals surface area (Å²) in [5, 5.41) is 13.4. The number of hydrogen-bond acceptors (Lipinski definition) is 6. The highest BCUT2D eigenvalue weighted by molar-refractivity contribution is 7.45. The summed E-state index contributed by atoms with van der Waals surface area (Å²) in [6.07, 6.45) is 30.6. The molecule has 0 aliphatic carbocycles. The number of quaternary nitrogens is 1. The zero-order chi connectivity index (χ0) is 32.9. The minimum absolute atomic E-state index is 0.00677. The number of allylic oxidation sites excluding steroid dienone is 3. The Morgan fingerprint density at radius 3 is 1.82 bits per heavy atom. The maximum absolute atomic E-state index is 12.3. The summed E-state index contributed by atoms with van der Waals surface area (Å²) in [5.41, 5.74) is 0. The van der Waals surface area contributed by atoms with E-state index in [1.807, 2.05) is 34.1 Å². The van der Waals surface area contributed by atoms with Gasteiger partial charge in [0.25, 0.3) is 7.82 Å². The summed E-state index contributed by atoms with van der Waals surface area (Å²) in [4.78, 5) is 24.5. The maximum atomic E-state index is 12.3. The van der Waals surface area contributed by atoms with Gasteiger partial charge in [0.1, 0.15) is 13.2 Å². The van der Waals surface area contributed by atoms with Crippen LogP contribution in [0.3, 0.4) is 0 Å². The second-order valence-electron chi connectivity index (χ2n) is 13.2. The number of unbranched alkanes of at least 4 members (excludes halogenated alkanes) is 16. The van der Waals surface area contributed by atoms with Crippen LogP contribution in [0.5, 0.6) is 0 Å². The number of rotatable bonds is 31. The van der Waals surface area contributed by atoms with Crippen molar-refractivity contribution in [3.63, 3.8) is 0 Å². The summed E-state index contributed by atoms with van der Waals surface area (Å²) >= 11 is 0. The van der Waals surface area contributed by atoms with Gasteiger partial charge in [0.2, 0.25) is 5.91 Å². The largest absolute Gasteiger partial charge is 0.756 e. The number of nitrogens with one attached hydrogen (secondary N) is 1. The number of aliphatic hydroxyl groups excluding tert-OH is 1. The molecule has 0 heterocycles. The molecular formula is C35H69N2O6P. The van der Waals surface area contributed by atoms with Crippen LogP contribution in [-0.4, -0.2) is 68.5 Å². The van der Waals surface area contributed by atoms with E-state index in [1.54, 1.807) is 6.08 Å². The van der Waals surface area contributed by atoms with Crippen LogP contribution in [0.15, 0.2) is 24.3 Å². The van der Waals surface area contributed by atoms with E-state index >= 15 is 0 Å². The fourth-order valence-corrected chi connectivity index (χ4v) is 5.45. The molecule has 8 nitrogen and oxygen atoms in total. The molecule has 9 heteroatoms. The first kappa shape index (κ1) is 43.0. The van der Waals surface area contributed by atoms with Gasteiger partial charge in [-0.15, -0.1) is 0 Å². The molecule has 0 aliphatic heterocycles. The van der Waals surface area contributed by atoms with Gasteiger partial charge in [-0.25, -0.2) is 0 Å². The van der Waals surface area contributed by atoms with E-state index < -0.39 is 26.6 Å². The van der Waals surface area contributed by atoms with E-state index in [4.69, 9.17) is 9.05 Å². The Kier molecular flexibility index (Phi) is 27.6. The molecule has 3 atom stereocenters. The molecule has 0 fully saturated rings. The molecule has 44 heavy (non-hydrogen) atoms. The first-order chi connectivity index (χ1) is 21.0. The van der Waals surface area contributed by atoms with E-state index in [0.717, 1.165) is 25.7 Å². The Hall–Kier alpha value is -1.02. The predicted molar refractivity (Wildman–Crippen MR) is 182 cm³/mol. The van der Waals surface area contributed by atoms with Crippen LogP contribution < -0.4 is 10.2 Å². The van der Waals surface area contributed by atoms with Gasteiger partial charge in [0.15, 0.2) is 0 Å². The third-order valence-electron chi connectivity index (χ3n) is 7.66. The number of hydrogen-bond donors (Lipinski definition) is 2. The molecule has 0 bridgehead atoms. The molecule has 0 saturated heterocycles. The van der Waals surface area contributed by atoms with Gasteiger partial charge in [0, 0.05) is 6.42 Å². The van der Waals surface area contributed by atoms with Crippen molar-refractivity contribution in [3.05, 3.63) is 24.3 Å². The summed E-state index contributed by atoms with van der Waals surface area (Å²) in [5.74, 6) is -0.244. The lowest BCUT2D eigenvalue weighted by molar-refractivity contribution is -0.870. The Morgan fingerprint density at radius 2 is 1.27 bits per heavy atom. The van der Waals surface area contributed by atoms with E-state index in [9.17, 15) is 19.4 Å². The van der Waals surface area contributed by atoms with Crippen molar-refractivity contribution < 1.29 is 32.9 Å². The number of aliphatic hydroxyl groups is 1. The molecule has 1 amide bonds. The Bertz CT molecular complexity index is 784. The van der Waals surface area contributed by atoms with E-state index in [1.165, 1.54) is 89.9 Å². The zero-order valence-electron chi connectivity index (χ0n) is 29.1. The molecule has 0 saturated carbocycles. The lowest BCUT2D eigenvalue weighted by Crippen LogP contribution is -2.45. The predicted octanol–water partition coefficient (Wildman–Crippen LogP) is 7.99. The van der Waals surface area contributed by atoms with Crippen molar-refractivity contribution in [1.29, 1.82) is 0 Å². The summed E-state index contributed by atoms with van der Waals surface area (Å²) < 4.78 is 22.7. The zero-order valence-corrected chi connectivity index (χ0v) is 30.0. The second-order valence-corrected chi connectivity index (χ2v) is 14.6. The Balaban J connectivity index is 4.19. The number of carbonyl (C=O) groups excluding carboxylic acids is 1. The third kappa shape index (κ3) is 29.7. The van der Waals surface area contributed by atoms with Gasteiger partial charge < -0.3 is 28.8 Å². The van der Waals surface area contributed by atoms with Gasteiger partial charge in [-0.05, 0) is 32.1 Å². The minimum atomic E-state index is -4.56. The van der Waals surface area contributed by atoms with E-state index in [2.05, 4.69) is 24.4 Å². The van der Waals surface area contributed by atoms with E-state index in [0.29, 0.717) is 23.9 Å². The normalized spacial score (nSPS) is 15.2. The van der Waals surface area contributed by atoms with Crippen LogP contribution in [-0.2, 0) is 18.4 Å². The molecule has 0 aliphatic rings. The molecular weight excluding hydrogens is 575 g/mol. The number of amides is 1. The first-order valence-electron chi connectivity index (χ1n) is 17.7. The minimum Gasteiger partial charge on any atom is -0.756 e. The molecule has 0 aromatic carbocycles. The van der Waals surface area contributed by atoms with Gasteiger partial charge >= 0.3 is 0 Å². The van der Waals surface area contributed by atoms with Gasteiger partial charge in [-0.1, -0.05) is 128 Å². The molecule has 0 aromatic rings. The van der Waals surface area contributed by atoms with Crippen molar-refractivity contribution in [1.82, 2.24) is 5.32 Å². The van der Waals surface area contributed by atoms with Crippen molar-refractivity contribution in [2.75, 3.05) is 40.9 Å². The fraction of sp³-hybridized carbons (Fsp3) is 0.857. The van der Waals surface area contributed by atoms with Crippen LogP contribution in [0.1, 0.15) is 142 Å². The topological polar surface area (TPSA) is 108 Å². The van der Waals surface area contributed by atoms with Gasteiger partial charge in [-0.2, -0.15) is 0 Å². The average Bonchev–Trinajstić information content (AvgIpc) is 2.96. The average molecular weight is 645 g/mol. The fourth-order valence-electron chi connectivity index (χ4n) is 4.73. The van der Waals surface area contributed by atoms with Crippen LogP contribution in [0.25, 0.3) is 0 Å². The number of nitrogens with zero attached hydrogens (tertiary/aromatic N) is 1. The van der Waals surface area contributed by atoms with Gasteiger partial charge in [-0.3, -0.25) is 9.36 Å². The van der Waals surface area contributed by atoms with Crippen LogP contribution >= 0.6 is 7.82 Å². The summed E-state index contributed by atoms with van der Waals surface area (Å²) in [6.45, 7) is 4.35. The number of carbonyl (C=O) groups is 1. The number of phosphoric acid groups is 1. The smallest absolute Gasteiger partial charge is 0.268 e. The lowest BCUT2D eigenvalue weighted by atomic mass is 10.0. The molecule has 0 rings (SSSR count). The number of likely N-dealkylation sites (N-methyl/N-ethyl adjacent to an activating group) is 1. The number of phosphoric ester groups is 1. The molecule has 0 spiro atoms. The Labute approximate surface area is 271 Å². The molecule has 0 aromatic heterocycles. The molecule has 3 unspecified atom stereocenters. The maximum Gasteiger partial charge on any atom is 0.268 e. The molecule has 260 valence electrons. The summed E-state index contributed by atoms with van der Waals surface area (Å²) in [6, 6.07) is -0.893. The van der Waals surface area contributed by atoms with E-state index in [-0.39, 0.29) is 12.5 Å². The summed E-state index contributed by atoms with van der Waals surface area (Å²) in [7, 11) is 1.24. The van der Waals surface area contributed by atoms with Crippen molar-refractivity contribution in [3.8, 4) is 0 Å². The van der Waals surface area contributed by atoms with Crippen molar-refractivity contribution in [2.24, 2.45) is 0 Å². The molecule has 2 N–H and O–H groups in total. The highest BCUT2D eigenvalue weighted by Crippen LogP contribution is 2.38. The SMILES string of the molecule is CCCCCCCCCCCCCCCC/C=C/CC/C=C/C(O)C(COP(=O)([O-])OCC[N+](C)(C)C)NC(=O)CCCC. The molecule has 0 radical (unpaired) electrons. The van der Waals surface area contributed by atoms with Crippen molar-refractivity contribution >= 4 is 13.7 Å². The standard InChI is InChI=1S/C35H69N2O6P/c1-6-8-10-11-12-13-14-15-16-17-18-19-20-21-22-23-24-25-26-27-28-34(38)33(36-35(39)29-9-7-2)32-43-44(40,41)42-31-30-37(3,4)5/h23-24,27-28,33-34,38H,6-22,25-26,29-32H2,1-5H3,(H-,36,39,40,41)/b24-23+,28-27+. The van der Waals surface area contributed by atoms with Crippen LogP contribution in [0.4, 0.5) is 0 Å². The lowest BCUT2D eigenvalue weighted by Gasteiger charge is -2.29. The Morgan fingerprint density at radius 1 is 0.773 bits per heavy atom. The van der Waals surface area contributed by atoms with Crippen LogP contribution in [0, 0.1) is 0 Å². The highest BCUT2D eigenvalue weighted by atomic mass is 31.2.